The Bertz CT molecular complexity index is 524. The Balaban J connectivity index is 2.36. The molecule has 0 bridgehead atoms. The first kappa shape index (κ1) is 13.9. The molecule has 0 fully saturated rings. The van der Waals surface area contributed by atoms with E-state index in [2.05, 4.69) is 12.0 Å². The van der Waals surface area contributed by atoms with Gasteiger partial charge >= 0.3 is 0 Å². The van der Waals surface area contributed by atoms with Crippen molar-refractivity contribution in [2.45, 2.75) is 25.4 Å². The van der Waals surface area contributed by atoms with Gasteiger partial charge in [0.15, 0.2) is 0 Å². The normalized spacial score (nSPS) is 14.1. The zero-order chi connectivity index (χ0) is 13.8. The fourth-order valence-corrected chi connectivity index (χ4v) is 2.23. The highest BCUT2D eigenvalue weighted by Gasteiger charge is 2.21. The first-order valence-corrected chi connectivity index (χ1v) is 6.62. The molecule has 102 valence electrons. The monoisotopic (exact) mass is 279 g/mol. The third-order valence-corrected chi connectivity index (χ3v) is 3.38. The molecule has 1 aromatic carbocycles. The summed E-state index contributed by atoms with van der Waals surface area (Å²) in [7, 11) is 1.65. The number of ether oxygens (including phenoxy) is 1. The van der Waals surface area contributed by atoms with Gasteiger partial charge in [-0.3, -0.25) is 4.68 Å². The average Bonchev–Trinajstić information content (AvgIpc) is 2.86. The predicted octanol–water partition coefficient (Wildman–Crippen LogP) is 2.87. The van der Waals surface area contributed by atoms with Gasteiger partial charge in [-0.2, -0.15) is 5.10 Å². The molecule has 2 N–H and O–H groups in total. The van der Waals surface area contributed by atoms with Crippen LogP contribution in [0.25, 0.3) is 0 Å². The Hall–Kier alpha value is -1.52. The summed E-state index contributed by atoms with van der Waals surface area (Å²) in [6, 6.07) is 7.82. The second kappa shape index (κ2) is 6.08. The summed E-state index contributed by atoms with van der Waals surface area (Å²) >= 11 is 5.94. The lowest BCUT2D eigenvalue weighted by atomic mass is 9.98. The van der Waals surface area contributed by atoms with Crippen molar-refractivity contribution in [3.05, 3.63) is 47.2 Å². The molecule has 5 heteroatoms. The minimum Gasteiger partial charge on any atom is -0.497 e. The first-order chi connectivity index (χ1) is 9.15. The van der Waals surface area contributed by atoms with Crippen molar-refractivity contribution in [1.82, 2.24) is 9.78 Å². The first-order valence-electron chi connectivity index (χ1n) is 6.25. The van der Waals surface area contributed by atoms with Gasteiger partial charge in [0.05, 0.1) is 24.4 Å². The molecule has 2 unspecified atom stereocenters. The number of aromatic nitrogens is 2. The highest BCUT2D eigenvalue weighted by molar-refractivity contribution is 6.30. The molecule has 0 saturated heterocycles. The van der Waals surface area contributed by atoms with Gasteiger partial charge in [0.25, 0.3) is 0 Å². The number of halogens is 1. The van der Waals surface area contributed by atoms with Crippen LogP contribution < -0.4 is 10.5 Å². The van der Waals surface area contributed by atoms with Crippen LogP contribution in [0.4, 0.5) is 0 Å². The molecule has 19 heavy (non-hydrogen) atoms. The maximum Gasteiger partial charge on any atom is 0.118 e. The molecule has 2 rings (SSSR count). The lowest BCUT2D eigenvalue weighted by Crippen LogP contribution is -2.32. The highest BCUT2D eigenvalue weighted by atomic mass is 35.5. The third-order valence-electron chi connectivity index (χ3n) is 3.19. The second-order valence-electron chi connectivity index (χ2n) is 4.43. The standard InChI is InChI=1S/C14H18ClN3O/c1-3-13(16)14(18-9-11(15)8-17-18)10-4-6-12(19-2)7-5-10/h4-9,13-14H,3,16H2,1-2H3. The van der Waals surface area contributed by atoms with E-state index in [1.54, 1.807) is 19.5 Å². The van der Waals surface area contributed by atoms with E-state index < -0.39 is 0 Å². The third kappa shape index (κ3) is 3.08. The average molecular weight is 280 g/mol. The zero-order valence-electron chi connectivity index (χ0n) is 11.1. The molecule has 4 nitrogen and oxygen atoms in total. The van der Waals surface area contributed by atoms with Crippen molar-refractivity contribution >= 4 is 11.6 Å². The topological polar surface area (TPSA) is 53.1 Å². The second-order valence-corrected chi connectivity index (χ2v) is 4.87. The molecule has 0 aliphatic rings. The fraction of sp³-hybridized carbons (Fsp3) is 0.357. The van der Waals surface area contributed by atoms with E-state index in [-0.39, 0.29) is 12.1 Å². The van der Waals surface area contributed by atoms with Crippen LogP contribution in [0, 0.1) is 0 Å². The zero-order valence-corrected chi connectivity index (χ0v) is 11.8. The van der Waals surface area contributed by atoms with Gasteiger partial charge in [0.2, 0.25) is 0 Å². The van der Waals surface area contributed by atoms with Crippen LogP contribution in [-0.4, -0.2) is 22.9 Å². The molecule has 0 amide bonds. The van der Waals surface area contributed by atoms with E-state index in [1.165, 1.54) is 0 Å². The van der Waals surface area contributed by atoms with Gasteiger partial charge in [0.1, 0.15) is 5.75 Å². The van der Waals surface area contributed by atoms with Gasteiger partial charge < -0.3 is 10.5 Å². The van der Waals surface area contributed by atoms with Gasteiger partial charge in [-0.25, -0.2) is 0 Å². The van der Waals surface area contributed by atoms with Crippen molar-refractivity contribution in [2.75, 3.05) is 7.11 Å². The molecule has 0 spiro atoms. The summed E-state index contributed by atoms with van der Waals surface area (Å²) in [5.74, 6) is 0.825. The van der Waals surface area contributed by atoms with Gasteiger partial charge in [-0.15, -0.1) is 0 Å². The Morgan fingerprint density at radius 1 is 1.37 bits per heavy atom. The summed E-state index contributed by atoms with van der Waals surface area (Å²) in [6.45, 7) is 2.06. The molecular formula is C14H18ClN3O. The van der Waals surface area contributed by atoms with Crippen molar-refractivity contribution in [3.8, 4) is 5.75 Å². The smallest absolute Gasteiger partial charge is 0.118 e. The van der Waals surface area contributed by atoms with Crippen LogP contribution in [0.15, 0.2) is 36.7 Å². The summed E-state index contributed by atoms with van der Waals surface area (Å²) in [5, 5.41) is 4.89. The van der Waals surface area contributed by atoms with Crippen molar-refractivity contribution in [3.63, 3.8) is 0 Å². The molecule has 0 aliphatic heterocycles. The Kier molecular flexibility index (Phi) is 4.45. The number of nitrogens with two attached hydrogens (primary N) is 1. The SMILES string of the molecule is CCC(N)C(c1ccc(OC)cc1)n1cc(Cl)cn1. The molecule has 0 aliphatic carbocycles. The van der Waals surface area contributed by atoms with E-state index in [1.807, 2.05) is 28.9 Å². The van der Waals surface area contributed by atoms with Gasteiger partial charge in [-0.1, -0.05) is 30.7 Å². The summed E-state index contributed by atoms with van der Waals surface area (Å²) in [6.07, 6.45) is 4.28. The maximum atomic E-state index is 6.23. The highest BCUT2D eigenvalue weighted by Crippen LogP contribution is 2.25. The van der Waals surface area contributed by atoms with Crippen molar-refractivity contribution in [2.24, 2.45) is 5.73 Å². The molecule has 2 aromatic rings. The number of methoxy groups -OCH3 is 1. The van der Waals surface area contributed by atoms with Crippen molar-refractivity contribution in [1.29, 1.82) is 0 Å². The maximum absolute atomic E-state index is 6.23. The Morgan fingerprint density at radius 3 is 2.53 bits per heavy atom. The van der Waals surface area contributed by atoms with Crippen LogP contribution in [0.2, 0.25) is 5.02 Å². The molecule has 1 aromatic heterocycles. The van der Waals surface area contributed by atoms with Crippen LogP contribution in [0.5, 0.6) is 5.75 Å². The Labute approximate surface area is 118 Å². The minimum absolute atomic E-state index is 0.0237. The van der Waals surface area contributed by atoms with Crippen LogP contribution >= 0.6 is 11.6 Å². The quantitative estimate of drug-likeness (QED) is 0.916. The van der Waals surface area contributed by atoms with E-state index in [4.69, 9.17) is 22.1 Å². The lowest BCUT2D eigenvalue weighted by Gasteiger charge is -2.24. The van der Waals surface area contributed by atoms with E-state index in [0.29, 0.717) is 5.02 Å². The summed E-state index contributed by atoms with van der Waals surface area (Å²) < 4.78 is 6.99. The summed E-state index contributed by atoms with van der Waals surface area (Å²) in [5.41, 5.74) is 7.32. The largest absolute Gasteiger partial charge is 0.497 e. The predicted molar refractivity (Wildman–Crippen MR) is 76.6 cm³/mol. The molecule has 2 atom stereocenters. The molecule has 1 heterocycles. The number of hydrogen-bond acceptors (Lipinski definition) is 3. The number of nitrogens with zero attached hydrogens (tertiary/aromatic N) is 2. The lowest BCUT2D eigenvalue weighted by molar-refractivity contribution is 0.410. The van der Waals surface area contributed by atoms with Crippen molar-refractivity contribution < 1.29 is 4.74 Å². The number of rotatable bonds is 5. The molecule has 0 radical (unpaired) electrons. The van der Waals surface area contributed by atoms with Gasteiger partial charge in [0, 0.05) is 12.2 Å². The fourth-order valence-electron chi connectivity index (χ4n) is 2.09. The van der Waals surface area contributed by atoms with Gasteiger partial charge in [-0.05, 0) is 24.1 Å². The molecule has 0 saturated carbocycles. The van der Waals surface area contributed by atoms with E-state index in [0.717, 1.165) is 17.7 Å². The Morgan fingerprint density at radius 2 is 2.05 bits per heavy atom. The van der Waals surface area contributed by atoms with E-state index in [9.17, 15) is 0 Å². The number of hydrogen-bond donors (Lipinski definition) is 1. The molecular weight excluding hydrogens is 262 g/mol. The summed E-state index contributed by atoms with van der Waals surface area (Å²) in [4.78, 5) is 0. The van der Waals surface area contributed by atoms with Crippen LogP contribution in [0.3, 0.4) is 0 Å². The van der Waals surface area contributed by atoms with Crippen LogP contribution in [0.1, 0.15) is 24.9 Å². The van der Waals surface area contributed by atoms with E-state index >= 15 is 0 Å². The van der Waals surface area contributed by atoms with Crippen LogP contribution in [-0.2, 0) is 0 Å². The number of benzene rings is 1. The minimum atomic E-state index is -0.0246.